The van der Waals surface area contributed by atoms with Gasteiger partial charge in [-0.25, -0.2) is 0 Å². The van der Waals surface area contributed by atoms with Crippen molar-refractivity contribution in [2.45, 2.75) is 13.0 Å². The summed E-state index contributed by atoms with van der Waals surface area (Å²) < 4.78 is 0. The maximum absolute atomic E-state index is 12.8. The Bertz CT molecular complexity index is 1100. The van der Waals surface area contributed by atoms with Crippen molar-refractivity contribution >= 4 is 81.1 Å². The molecular formula is C17H11Cl4N5O4. The van der Waals surface area contributed by atoms with E-state index in [4.69, 9.17) is 52.1 Å². The van der Waals surface area contributed by atoms with Gasteiger partial charge in [-0.2, -0.15) is 5.01 Å². The number of hydrogen-bond acceptors (Lipinski definition) is 6. The van der Waals surface area contributed by atoms with E-state index in [0.717, 1.165) is 16.0 Å². The summed E-state index contributed by atoms with van der Waals surface area (Å²) in [6, 6.07) is 4.82. The number of non-ortho nitro benzene ring substituents is 1. The summed E-state index contributed by atoms with van der Waals surface area (Å²) in [5.41, 5.74) is 5.64. The Morgan fingerprint density at radius 1 is 1.17 bits per heavy atom. The number of nitrogens with two attached hydrogens (primary N) is 1. The third-order valence-electron chi connectivity index (χ3n) is 4.07. The lowest BCUT2D eigenvalue weighted by atomic mass is 10.2. The number of hydrazone groups is 1. The predicted molar refractivity (Wildman–Crippen MR) is 116 cm³/mol. The van der Waals surface area contributed by atoms with E-state index in [2.05, 4.69) is 5.10 Å². The molecule has 0 saturated heterocycles. The van der Waals surface area contributed by atoms with Gasteiger partial charge in [0.25, 0.3) is 11.6 Å². The van der Waals surface area contributed by atoms with Gasteiger partial charge < -0.3 is 5.73 Å². The Labute approximate surface area is 189 Å². The molecule has 1 heterocycles. The number of halogens is 4. The lowest BCUT2D eigenvalue weighted by molar-refractivity contribution is -0.384. The fourth-order valence-corrected chi connectivity index (χ4v) is 3.96. The number of hydrogen-bond donors (Lipinski definition) is 1. The van der Waals surface area contributed by atoms with Gasteiger partial charge in [-0.1, -0.05) is 46.4 Å². The van der Waals surface area contributed by atoms with Crippen molar-refractivity contribution in [3.63, 3.8) is 0 Å². The summed E-state index contributed by atoms with van der Waals surface area (Å²) in [5, 5.41) is 16.4. The van der Waals surface area contributed by atoms with Crippen LogP contribution in [0.15, 0.2) is 35.4 Å². The quantitative estimate of drug-likeness (QED) is 0.509. The van der Waals surface area contributed by atoms with Crippen LogP contribution in [0.25, 0.3) is 0 Å². The number of benzene rings is 2. The van der Waals surface area contributed by atoms with E-state index in [0.29, 0.717) is 0 Å². The zero-order valence-corrected chi connectivity index (χ0v) is 18.0. The van der Waals surface area contributed by atoms with Crippen molar-refractivity contribution in [2.24, 2.45) is 10.8 Å². The van der Waals surface area contributed by atoms with E-state index < -0.39 is 22.8 Å². The Morgan fingerprint density at radius 3 is 2.30 bits per heavy atom. The Balaban J connectivity index is 2.16. The standard InChI is InChI=1S/C17H11Cl4N5O4/c1-7(27)24(13-6-9(26(29)30)2-3-10(13)19)16-14(22)17(28)25(23-16)15-11(20)4-8(18)5-12(15)21/h2-6,14H,22H2,1H3. The molecule has 156 valence electrons. The summed E-state index contributed by atoms with van der Waals surface area (Å²) in [7, 11) is 0. The minimum Gasteiger partial charge on any atom is -0.313 e. The summed E-state index contributed by atoms with van der Waals surface area (Å²) in [6.45, 7) is 1.17. The van der Waals surface area contributed by atoms with E-state index in [9.17, 15) is 19.7 Å². The van der Waals surface area contributed by atoms with Crippen molar-refractivity contribution in [3.8, 4) is 0 Å². The molecule has 9 nitrogen and oxygen atoms in total. The third-order valence-corrected chi connectivity index (χ3v) is 5.19. The van der Waals surface area contributed by atoms with Crippen molar-refractivity contribution in [1.29, 1.82) is 0 Å². The third kappa shape index (κ3) is 3.94. The maximum atomic E-state index is 12.8. The fourth-order valence-electron chi connectivity index (χ4n) is 2.78. The molecule has 1 unspecified atom stereocenters. The number of nitrogens with zero attached hydrogens (tertiary/aromatic N) is 4. The molecule has 1 aliphatic heterocycles. The van der Waals surface area contributed by atoms with Crippen LogP contribution in [-0.2, 0) is 9.59 Å². The van der Waals surface area contributed by atoms with E-state index in [-0.39, 0.29) is 43.0 Å². The smallest absolute Gasteiger partial charge is 0.272 e. The second-order valence-electron chi connectivity index (χ2n) is 6.05. The van der Waals surface area contributed by atoms with E-state index in [1.165, 1.54) is 31.2 Å². The molecule has 1 aliphatic rings. The first kappa shape index (κ1) is 22.3. The second kappa shape index (κ2) is 8.37. The molecule has 0 aromatic heterocycles. The number of nitro groups is 1. The van der Waals surface area contributed by atoms with E-state index >= 15 is 0 Å². The highest BCUT2D eigenvalue weighted by Crippen LogP contribution is 2.39. The Morgan fingerprint density at radius 2 is 1.77 bits per heavy atom. The molecule has 13 heteroatoms. The molecule has 0 fully saturated rings. The zero-order chi connectivity index (χ0) is 22.3. The molecule has 0 aliphatic carbocycles. The van der Waals surface area contributed by atoms with Gasteiger partial charge in [0.1, 0.15) is 11.7 Å². The predicted octanol–water partition coefficient (Wildman–Crippen LogP) is 4.25. The highest BCUT2D eigenvalue weighted by atomic mass is 35.5. The largest absolute Gasteiger partial charge is 0.313 e. The zero-order valence-electron chi connectivity index (χ0n) is 15.0. The second-order valence-corrected chi connectivity index (χ2v) is 7.71. The van der Waals surface area contributed by atoms with Crippen LogP contribution in [0, 0.1) is 10.1 Å². The van der Waals surface area contributed by atoms with Crippen LogP contribution in [0.2, 0.25) is 20.1 Å². The number of carbonyl (C=O) groups is 2. The molecular weight excluding hydrogens is 480 g/mol. The summed E-state index contributed by atoms with van der Waals surface area (Å²) in [5.74, 6) is -1.57. The van der Waals surface area contributed by atoms with Crippen molar-refractivity contribution in [1.82, 2.24) is 0 Å². The molecule has 2 aromatic rings. The number of carbonyl (C=O) groups excluding carboxylic acids is 2. The van der Waals surface area contributed by atoms with E-state index in [1.807, 2.05) is 0 Å². The molecule has 0 radical (unpaired) electrons. The normalized spacial score (nSPS) is 15.9. The molecule has 2 aromatic carbocycles. The summed E-state index contributed by atoms with van der Waals surface area (Å²) >= 11 is 24.4. The number of amides is 2. The summed E-state index contributed by atoms with van der Waals surface area (Å²) in [4.78, 5) is 36.6. The number of nitro benzene ring substituents is 1. The lowest BCUT2D eigenvalue weighted by Gasteiger charge is -2.22. The minimum absolute atomic E-state index is 0.0131. The number of rotatable bonds is 3. The van der Waals surface area contributed by atoms with Crippen molar-refractivity contribution in [3.05, 3.63) is 60.5 Å². The number of amidine groups is 1. The van der Waals surface area contributed by atoms with Crippen LogP contribution in [0.1, 0.15) is 6.92 Å². The van der Waals surface area contributed by atoms with Crippen molar-refractivity contribution in [2.75, 3.05) is 9.91 Å². The molecule has 3 rings (SSSR count). The van der Waals surface area contributed by atoms with Gasteiger partial charge in [0, 0.05) is 24.1 Å². The van der Waals surface area contributed by atoms with Gasteiger partial charge >= 0.3 is 0 Å². The van der Waals surface area contributed by atoms with Crippen molar-refractivity contribution < 1.29 is 14.5 Å². The molecule has 30 heavy (non-hydrogen) atoms. The average Bonchev–Trinajstić information content (AvgIpc) is 2.91. The highest BCUT2D eigenvalue weighted by molar-refractivity contribution is 6.43. The monoisotopic (exact) mass is 489 g/mol. The molecule has 2 amide bonds. The molecule has 0 saturated carbocycles. The summed E-state index contributed by atoms with van der Waals surface area (Å²) in [6.07, 6.45) is 0. The SMILES string of the molecule is CC(=O)N(C1=NN(c2c(Cl)cc(Cl)cc2Cl)C(=O)C1N)c1cc([N+](=O)[O-])ccc1Cl. The van der Waals surface area contributed by atoms with Crippen LogP contribution < -0.4 is 15.6 Å². The topological polar surface area (TPSA) is 122 Å². The first-order valence-corrected chi connectivity index (χ1v) is 9.61. The highest BCUT2D eigenvalue weighted by Gasteiger charge is 2.41. The van der Waals surface area contributed by atoms with Crippen LogP contribution in [-0.4, -0.2) is 28.6 Å². The maximum Gasteiger partial charge on any atom is 0.272 e. The Kier molecular flexibility index (Phi) is 6.21. The molecule has 1 atom stereocenters. The molecule has 0 bridgehead atoms. The van der Waals surface area contributed by atoms with Crippen LogP contribution in [0.5, 0.6) is 0 Å². The van der Waals surface area contributed by atoms with Crippen LogP contribution in [0.4, 0.5) is 17.1 Å². The van der Waals surface area contributed by atoms with E-state index in [1.54, 1.807) is 0 Å². The van der Waals surface area contributed by atoms with Gasteiger partial charge in [-0.15, -0.1) is 5.10 Å². The Hall–Kier alpha value is -2.43. The average molecular weight is 491 g/mol. The van der Waals surface area contributed by atoms with Gasteiger partial charge in [-0.3, -0.25) is 24.6 Å². The fraction of sp³-hybridized carbons (Fsp3) is 0.118. The first-order chi connectivity index (χ1) is 14.0. The van der Waals surface area contributed by atoms with Gasteiger partial charge in [0.05, 0.1) is 25.7 Å². The minimum atomic E-state index is -1.40. The number of anilines is 2. The van der Waals surface area contributed by atoms with Crippen LogP contribution >= 0.6 is 46.4 Å². The molecule has 0 spiro atoms. The van der Waals surface area contributed by atoms with Gasteiger partial charge in [0.2, 0.25) is 5.91 Å². The molecule has 2 N–H and O–H groups in total. The first-order valence-electron chi connectivity index (χ1n) is 8.10. The lowest BCUT2D eigenvalue weighted by Crippen LogP contribution is -2.48. The van der Waals surface area contributed by atoms with Gasteiger partial charge in [0.15, 0.2) is 5.84 Å². The van der Waals surface area contributed by atoms with Crippen LogP contribution in [0.3, 0.4) is 0 Å². The van der Waals surface area contributed by atoms with Gasteiger partial charge in [-0.05, 0) is 18.2 Å².